The van der Waals surface area contributed by atoms with Gasteiger partial charge < -0.3 is 10.2 Å². The van der Waals surface area contributed by atoms with Gasteiger partial charge >= 0.3 is 0 Å². The second-order valence-electron chi connectivity index (χ2n) is 6.28. The molecular formula is C20H21N3O4S. The van der Waals surface area contributed by atoms with Crippen LogP contribution in [0.5, 0.6) is 0 Å². The van der Waals surface area contributed by atoms with Crippen LogP contribution < -0.4 is 5.32 Å². The molecule has 1 saturated heterocycles. The zero-order valence-electron chi connectivity index (χ0n) is 15.2. The molecule has 0 spiro atoms. The summed E-state index contributed by atoms with van der Waals surface area (Å²) in [5.74, 6) is -0.519. The van der Waals surface area contributed by atoms with E-state index in [2.05, 4.69) is 11.9 Å². The molecule has 1 aliphatic rings. The summed E-state index contributed by atoms with van der Waals surface area (Å²) in [6.07, 6.45) is 1.12. The standard InChI is InChI=1S/C20H21N3O4S/c1-2-19(24)21-17-9-6-10-18(15-17)28(26,27)23-13-11-22(12-14-23)20(25)16-7-4-3-5-8-16/h2-10,15H,1,11-14H2,(H,21,24). The van der Waals surface area contributed by atoms with Gasteiger partial charge in [0.05, 0.1) is 4.90 Å². The molecule has 7 nitrogen and oxygen atoms in total. The molecule has 1 aliphatic heterocycles. The number of benzene rings is 2. The van der Waals surface area contributed by atoms with Gasteiger partial charge in [0, 0.05) is 37.4 Å². The molecule has 0 bridgehead atoms. The topological polar surface area (TPSA) is 86.8 Å². The van der Waals surface area contributed by atoms with Gasteiger partial charge in [0.1, 0.15) is 0 Å². The van der Waals surface area contributed by atoms with Crippen molar-refractivity contribution < 1.29 is 18.0 Å². The van der Waals surface area contributed by atoms with Gasteiger partial charge in [-0.25, -0.2) is 8.42 Å². The minimum Gasteiger partial charge on any atom is -0.336 e. The number of carbonyl (C=O) groups excluding carboxylic acids is 2. The zero-order chi connectivity index (χ0) is 20.1. The first-order valence-electron chi connectivity index (χ1n) is 8.80. The highest BCUT2D eigenvalue weighted by molar-refractivity contribution is 7.89. The molecule has 1 fully saturated rings. The van der Waals surface area contributed by atoms with E-state index >= 15 is 0 Å². The normalized spacial score (nSPS) is 15.1. The highest BCUT2D eigenvalue weighted by Gasteiger charge is 2.30. The SMILES string of the molecule is C=CC(=O)Nc1cccc(S(=O)(=O)N2CCN(C(=O)c3ccccc3)CC2)c1. The van der Waals surface area contributed by atoms with Gasteiger partial charge in [0.2, 0.25) is 15.9 Å². The largest absolute Gasteiger partial charge is 0.336 e. The van der Waals surface area contributed by atoms with Gasteiger partial charge in [-0.05, 0) is 36.4 Å². The van der Waals surface area contributed by atoms with Crippen molar-refractivity contribution in [1.82, 2.24) is 9.21 Å². The van der Waals surface area contributed by atoms with Crippen LogP contribution in [0.15, 0.2) is 72.1 Å². The van der Waals surface area contributed by atoms with Crippen LogP contribution in [0.1, 0.15) is 10.4 Å². The van der Waals surface area contributed by atoms with Crippen molar-refractivity contribution in [2.75, 3.05) is 31.5 Å². The number of rotatable bonds is 5. The number of amides is 2. The Morgan fingerprint density at radius 2 is 1.64 bits per heavy atom. The maximum Gasteiger partial charge on any atom is 0.253 e. The van der Waals surface area contributed by atoms with Crippen molar-refractivity contribution >= 4 is 27.5 Å². The van der Waals surface area contributed by atoms with Crippen LogP contribution in [-0.4, -0.2) is 55.6 Å². The Labute approximate surface area is 164 Å². The van der Waals surface area contributed by atoms with Crippen molar-refractivity contribution in [3.05, 3.63) is 72.8 Å². The van der Waals surface area contributed by atoms with E-state index in [0.29, 0.717) is 24.3 Å². The first-order valence-corrected chi connectivity index (χ1v) is 10.2. The van der Waals surface area contributed by atoms with E-state index in [-0.39, 0.29) is 23.9 Å². The third-order valence-electron chi connectivity index (χ3n) is 4.47. The Kier molecular flexibility index (Phi) is 5.91. The molecule has 1 heterocycles. The summed E-state index contributed by atoms with van der Waals surface area (Å²) in [6, 6.07) is 15.0. The molecular weight excluding hydrogens is 378 g/mol. The minimum absolute atomic E-state index is 0.0946. The molecule has 3 rings (SSSR count). The van der Waals surface area contributed by atoms with E-state index in [1.54, 1.807) is 41.3 Å². The lowest BCUT2D eigenvalue weighted by molar-refractivity contribution is -0.111. The molecule has 0 aromatic heterocycles. The highest BCUT2D eigenvalue weighted by atomic mass is 32.2. The fourth-order valence-electron chi connectivity index (χ4n) is 2.97. The highest BCUT2D eigenvalue weighted by Crippen LogP contribution is 2.21. The predicted octanol–water partition coefficient (Wildman–Crippen LogP) is 1.96. The molecule has 146 valence electrons. The van der Waals surface area contributed by atoms with Gasteiger partial charge in [-0.1, -0.05) is 30.8 Å². The van der Waals surface area contributed by atoms with Crippen LogP contribution in [0.2, 0.25) is 0 Å². The Bertz CT molecular complexity index is 982. The van der Waals surface area contributed by atoms with Crippen LogP contribution in [-0.2, 0) is 14.8 Å². The molecule has 8 heteroatoms. The lowest BCUT2D eigenvalue weighted by Gasteiger charge is -2.34. The van der Waals surface area contributed by atoms with Crippen molar-refractivity contribution in [2.45, 2.75) is 4.90 Å². The first kappa shape index (κ1) is 19.8. The summed E-state index contributed by atoms with van der Waals surface area (Å²) in [7, 11) is -3.72. The molecule has 2 aromatic carbocycles. The molecule has 0 saturated carbocycles. The fraction of sp³-hybridized carbons (Fsp3) is 0.200. The molecule has 28 heavy (non-hydrogen) atoms. The number of sulfonamides is 1. The summed E-state index contributed by atoms with van der Waals surface area (Å²) in [5.41, 5.74) is 0.966. The van der Waals surface area contributed by atoms with Gasteiger partial charge in [-0.15, -0.1) is 0 Å². The lowest BCUT2D eigenvalue weighted by Crippen LogP contribution is -2.50. The van der Waals surface area contributed by atoms with Crippen molar-refractivity contribution in [2.24, 2.45) is 0 Å². The number of piperazine rings is 1. The Morgan fingerprint density at radius 1 is 0.964 bits per heavy atom. The second-order valence-corrected chi connectivity index (χ2v) is 8.22. The van der Waals surface area contributed by atoms with Crippen molar-refractivity contribution in [1.29, 1.82) is 0 Å². The van der Waals surface area contributed by atoms with Gasteiger partial charge in [-0.2, -0.15) is 4.31 Å². The van der Waals surface area contributed by atoms with Crippen molar-refractivity contribution in [3.8, 4) is 0 Å². The molecule has 2 aromatic rings. The second kappa shape index (κ2) is 8.37. The average molecular weight is 399 g/mol. The van der Waals surface area contributed by atoms with Crippen LogP contribution in [0.3, 0.4) is 0 Å². The molecule has 1 N–H and O–H groups in total. The van der Waals surface area contributed by atoms with E-state index in [1.807, 2.05) is 6.07 Å². The summed E-state index contributed by atoms with van der Waals surface area (Å²) in [4.78, 5) is 25.7. The number of anilines is 1. The number of nitrogens with zero attached hydrogens (tertiary/aromatic N) is 2. The third-order valence-corrected chi connectivity index (χ3v) is 6.37. The van der Waals surface area contributed by atoms with E-state index < -0.39 is 15.9 Å². The van der Waals surface area contributed by atoms with Crippen LogP contribution in [0.4, 0.5) is 5.69 Å². The van der Waals surface area contributed by atoms with E-state index in [0.717, 1.165) is 6.08 Å². The number of hydrogen-bond donors (Lipinski definition) is 1. The van der Waals surface area contributed by atoms with E-state index in [4.69, 9.17) is 0 Å². The molecule has 0 aliphatic carbocycles. The maximum absolute atomic E-state index is 12.9. The van der Waals surface area contributed by atoms with E-state index in [1.165, 1.54) is 16.4 Å². The molecule has 0 unspecified atom stereocenters. The number of nitrogens with one attached hydrogen (secondary N) is 1. The van der Waals surface area contributed by atoms with Gasteiger partial charge in [0.25, 0.3) is 5.91 Å². The average Bonchev–Trinajstić information content (AvgIpc) is 2.74. The quantitative estimate of drug-likeness (QED) is 0.779. The smallest absolute Gasteiger partial charge is 0.253 e. The number of carbonyl (C=O) groups is 2. The molecule has 0 atom stereocenters. The van der Waals surface area contributed by atoms with Crippen LogP contribution >= 0.6 is 0 Å². The summed E-state index contributed by atoms with van der Waals surface area (Å²) in [5, 5.41) is 2.55. The minimum atomic E-state index is -3.72. The predicted molar refractivity (Wildman–Crippen MR) is 106 cm³/mol. The van der Waals surface area contributed by atoms with Crippen LogP contribution in [0.25, 0.3) is 0 Å². The fourth-order valence-corrected chi connectivity index (χ4v) is 4.44. The Morgan fingerprint density at radius 3 is 2.29 bits per heavy atom. The summed E-state index contributed by atoms with van der Waals surface area (Å²) >= 11 is 0. The lowest BCUT2D eigenvalue weighted by atomic mass is 10.2. The Hall–Kier alpha value is -2.97. The third kappa shape index (κ3) is 4.29. The maximum atomic E-state index is 12.9. The summed E-state index contributed by atoms with van der Waals surface area (Å²) in [6.45, 7) is 4.44. The monoisotopic (exact) mass is 399 g/mol. The molecule has 0 radical (unpaired) electrons. The summed E-state index contributed by atoms with van der Waals surface area (Å²) < 4.78 is 27.2. The Balaban J connectivity index is 1.69. The zero-order valence-corrected chi connectivity index (χ0v) is 16.1. The van der Waals surface area contributed by atoms with Gasteiger partial charge in [0.15, 0.2) is 0 Å². The van der Waals surface area contributed by atoms with Gasteiger partial charge in [-0.3, -0.25) is 9.59 Å². The molecule has 2 amide bonds. The van der Waals surface area contributed by atoms with E-state index in [9.17, 15) is 18.0 Å². The number of hydrogen-bond acceptors (Lipinski definition) is 4. The van der Waals surface area contributed by atoms with Crippen LogP contribution in [0, 0.1) is 0 Å². The van der Waals surface area contributed by atoms with Crippen molar-refractivity contribution in [3.63, 3.8) is 0 Å². The first-order chi connectivity index (χ1) is 13.4.